The Morgan fingerprint density at radius 1 is 1.47 bits per heavy atom. The Labute approximate surface area is 109 Å². The molecule has 2 nitrogen and oxygen atoms in total. The first-order valence-electron chi connectivity index (χ1n) is 5.80. The van der Waals surface area contributed by atoms with Crippen LogP contribution in [0.1, 0.15) is 24.8 Å². The second kappa shape index (κ2) is 5.27. The van der Waals surface area contributed by atoms with Crippen LogP contribution in [0.4, 0.5) is 4.39 Å². The molecule has 1 aromatic rings. The predicted molar refractivity (Wildman–Crippen MR) is 68.1 cm³/mol. The predicted octanol–water partition coefficient (Wildman–Crippen LogP) is 2.83. The third kappa shape index (κ3) is 2.93. The van der Waals surface area contributed by atoms with Crippen molar-refractivity contribution in [3.8, 4) is 0 Å². The summed E-state index contributed by atoms with van der Waals surface area (Å²) in [5.74, 6) is -0.153. The van der Waals surface area contributed by atoms with Crippen LogP contribution in [-0.2, 0) is 11.2 Å². The molecule has 1 fully saturated rings. The van der Waals surface area contributed by atoms with Crippen molar-refractivity contribution in [2.75, 3.05) is 0 Å². The summed E-state index contributed by atoms with van der Waals surface area (Å²) in [4.78, 5) is 12.1. The van der Waals surface area contributed by atoms with Crippen LogP contribution in [0.15, 0.2) is 22.7 Å². The number of halogens is 2. The van der Waals surface area contributed by atoms with Gasteiger partial charge in [-0.05, 0) is 30.5 Å². The van der Waals surface area contributed by atoms with Gasteiger partial charge >= 0.3 is 0 Å². The molecule has 1 saturated carbocycles. The van der Waals surface area contributed by atoms with E-state index < -0.39 is 0 Å². The first-order valence-corrected chi connectivity index (χ1v) is 6.59. The van der Waals surface area contributed by atoms with Crippen molar-refractivity contribution >= 4 is 21.7 Å². The van der Waals surface area contributed by atoms with E-state index in [0.717, 1.165) is 24.8 Å². The average Bonchev–Trinajstić information content (AvgIpc) is 2.68. The number of rotatable bonds is 3. The van der Waals surface area contributed by atoms with E-state index in [0.29, 0.717) is 10.9 Å². The molecule has 2 atom stereocenters. The van der Waals surface area contributed by atoms with Crippen molar-refractivity contribution in [3.05, 3.63) is 34.1 Å². The van der Waals surface area contributed by atoms with Crippen LogP contribution in [0.5, 0.6) is 0 Å². The number of ketones is 1. The Bertz CT molecular complexity index is 435. The van der Waals surface area contributed by atoms with Crippen LogP contribution < -0.4 is 5.73 Å². The maximum atomic E-state index is 12.9. The van der Waals surface area contributed by atoms with Crippen LogP contribution in [0, 0.1) is 11.7 Å². The van der Waals surface area contributed by atoms with Crippen LogP contribution in [0.25, 0.3) is 0 Å². The fraction of sp³-hybridized carbons (Fsp3) is 0.462. The number of carbonyl (C=O) groups excluding carboxylic acids is 1. The minimum absolute atomic E-state index is 0.00160. The summed E-state index contributed by atoms with van der Waals surface area (Å²) in [6.45, 7) is 0. The molecule has 0 aromatic heterocycles. The van der Waals surface area contributed by atoms with E-state index in [-0.39, 0.29) is 23.6 Å². The van der Waals surface area contributed by atoms with E-state index in [2.05, 4.69) is 15.9 Å². The Morgan fingerprint density at radius 3 is 2.82 bits per heavy atom. The van der Waals surface area contributed by atoms with Gasteiger partial charge in [0.25, 0.3) is 0 Å². The Kier molecular flexibility index (Phi) is 3.94. The molecular weight excluding hydrogens is 285 g/mol. The molecule has 0 bridgehead atoms. The molecule has 1 aliphatic carbocycles. The summed E-state index contributed by atoms with van der Waals surface area (Å²) >= 11 is 3.28. The minimum atomic E-state index is -0.300. The molecule has 2 unspecified atom stereocenters. The quantitative estimate of drug-likeness (QED) is 0.933. The Hall–Kier alpha value is -0.740. The number of hydrogen-bond acceptors (Lipinski definition) is 2. The van der Waals surface area contributed by atoms with Gasteiger partial charge in [-0.3, -0.25) is 4.79 Å². The zero-order valence-corrected chi connectivity index (χ0v) is 11.0. The number of hydrogen-bond donors (Lipinski definition) is 1. The third-order valence-electron chi connectivity index (χ3n) is 3.36. The van der Waals surface area contributed by atoms with Crippen molar-refractivity contribution < 1.29 is 9.18 Å². The van der Waals surface area contributed by atoms with Gasteiger partial charge in [-0.15, -0.1) is 0 Å². The summed E-state index contributed by atoms with van der Waals surface area (Å²) in [6, 6.07) is 4.42. The molecule has 4 heteroatoms. The van der Waals surface area contributed by atoms with Crippen molar-refractivity contribution in [1.29, 1.82) is 0 Å². The van der Waals surface area contributed by atoms with Gasteiger partial charge in [0.05, 0.1) is 0 Å². The highest BCUT2D eigenvalue weighted by Crippen LogP contribution is 2.27. The zero-order valence-electron chi connectivity index (χ0n) is 9.46. The van der Waals surface area contributed by atoms with Gasteiger partial charge in [0, 0.05) is 22.9 Å². The second-order valence-corrected chi connectivity index (χ2v) is 5.43. The smallest absolute Gasteiger partial charge is 0.141 e. The van der Waals surface area contributed by atoms with Crippen LogP contribution in [0.2, 0.25) is 0 Å². The average molecular weight is 300 g/mol. The highest BCUT2D eigenvalue weighted by Gasteiger charge is 2.30. The van der Waals surface area contributed by atoms with Gasteiger partial charge in [0.1, 0.15) is 11.6 Å². The highest BCUT2D eigenvalue weighted by atomic mass is 79.9. The van der Waals surface area contributed by atoms with Gasteiger partial charge < -0.3 is 5.73 Å². The van der Waals surface area contributed by atoms with E-state index in [9.17, 15) is 9.18 Å². The maximum Gasteiger partial charge on any atom is 0.141 e. The van der Waals surface area contributed by atoms with Gasteiger partial charge in [-0.1, -0.05) is 28.4 Å². The number of Topliss-reactive ketones (excluding diaryl/α,β-unsaturated/α-hetero) is 1. The van der Waals surface area contributed by atoms with E-state index in [4.69, 9.17) is 5.73 Å². The molecule has 2 N–H and O–H groups in total. The van der Waals surface area contributed by atoms with Crippen molar-refractivity contribution in [2.24, 2.45) is 11.7 Å². The largest absolute Gasteiger partial charge is 0.327 e. The molecule has 0 saturated heterocycles. The summed E-state index contributed by atoms with van der Waals surface area (Å²) in [5, 5.41) is 0. The number of benzene rings is 1. The van der Waals surface area contributed by atoms with Gasteiger partial charge in [0.15, 0.2) is 0 Å². The standard InChI is InChI=1S/C13H15BrFNO/c14-11-7-9(15)5-4-8(11)6-13(17)10-2-1-3-12(10)16/h4-5,7,10,12H,1-3,6,16H2. The topological polar surface area (TPSA) is 43.1 Å². The van der Waals surface area contributed by atoms with Crippen molar-refractivity contribution in [3.63, 3.8) is 0 Å². The lowest BCUT2D eigenvalue weighted by Crippen LogP contribution is -2.31. The van der Waals surface area contributed by atoms with Gasteiger partial charge in [-0.25, -0.2) is 4.39 Å². The lowest BCUT2D eigenvalue weighted by molar-refractivity contribution is -0.122. The molecule has 1 aromatic carbocycles. The van der Waals surface area contributed by atoms with Crippen LogP contribution in [0.3, 0.4) is 0 Å². The lowest BCUT2D eigenvalue weighted by atomic mass is 9.94. The molecule has 2 rings (SSSR count). The summed E-state index contributed by atoms with van der Waals surface area (Å²) in [7, 11) is 0. The van der Waals surface area contributed by atoms with Crippen LogP contribution in [-0.4, -0.2) is 11.8 Å². The van der Waals surface area contributed by atoms with Gasteiger partial charge in [0.2, 0.25) is 0 Å². The minimum Gasteiger partial charge on any atom is -0.327 e. The highest BCUT2D eigenvalue weighted by molar-refractivity contribution is 9.10. The van der Waals surface area contributed by atoms with Crippen molar-refractivity contribution in [1.82, 2.24) is 0 Å². The third-order valence-corrected chi connectivity index (χ3v) is 4.10. The SMILES string of the molecule is NC1CCCC1C(=O)Cc1ccc(F)cc1Br. The molecule has 1 aliphatic rings. The maximum absolute atomic E-state index is 12.9. The zero-order chi connectivity index (χ0) is 12.4. The van der Waals surface area contributed by atoms with Gasteiger partial charge in [-0.2, -0.15) is 0 Å². The summed E-state index contributed by atoms with van der Waals surface area (Å²) in [5.41, 5.74) is 6.73. The second-order valence-electron chi connectivity index (χ2n) is 4.58. The fourth-order valence-corrected chi connectivity index (χ4v) is 2.86. The van der Waals surface area contributed by atoms with E-state index in [1.807, 2.05) is 0 Å². The number of nitrogens with two attached hydrogens (primary N) is 1. The molecular formula is C13H15BrFNO. The molecule has 0 spiro atoms. The van der Waals surface area contributed by atoms with E-state index in [1.54, 1.807) is 6.07 Å². The lowest BCUT2D eigenvalue weighted by Gasteiger charge is -2.14. The molecule has 0 amide bonds. The van der Waals surface area contributed by atoms with Crippen LogP contribution >= 0.6 is 15.9 Å². The monoisotopic (exact) mass is 299 g/mol. The van der Waals surface area contributed by atoms with E-state index >= 15 is 0 Å². The molecule has 0 radical (unpaired) electrons. The Balaban J connectivity index is 2.07. The first kappa shape index (κ1) is 12.7. The normalized spacial score (nSPS) is 23.9. The summed E-state index contributed by atoms with van der Waals surface area (Å²) < 4.78 is 13.6. The molecule has 0 heterocycles. The molecule has 0 aliphatic heterocycles. The Morgan fingerprint density at radius 2 is 2.24 bits per heavy atom. The fourth-order valence-electron chi connectivity index (χ4n) is 2.37. The first-order chi connectivity index (χ1) is 8.08. The van der Waals surface area contributed by atoms with Crippen molar-refractivity contribution in [2.45, 2.75) is 31.7 Å². The molecule has 92 valence electrons. The molecule has 17 heavy (non-hydrogen) atoms. The number of carbonyl (C=O) groups is 1. The van der Waals surface area contributed by atoms with E-state index in [1.165, 1.54) is 12.1 Å². The summed E-state index contributed by atoms with van der Waals surface area (Å²) in [6.07, 6.45) is 3.18.